The van der Waals surface area contributed by atoms with E-state index in [4.69, 9.17) is 14.6 Å². The molecule has 5 heteroatoms. The Hall–Kier alpha value is -3.47. The van der Waals surface area contributed by atoms with Gasteiger partial charge in [-0.3, -0.25) is 0 Å². The average Bonchev–Trinajstić information content (AvgIpc) is 2.71. The summed E-state index contributed by atoms with van der Waals surface area (Å²) in [6.07, 6.45) is 0. The predicted octanol–water partition coefficient (Wildman–Crippen LogP) is 4.58. The molecule has 0 aliphatic rings. The number of carbonyl (C=O) groups is 1. The Morgan fingerprint density at radius 3 is 2.48 bits per heavy atom. The molecule has 5 nitrogen and oxygen atoms in total. The largest absolute Gasteiger partial charge is 0.495 e. The number of benzene rings is 3. The second kappa shape index (κ2) is 8.76. The van der Waals surface area contributed by atoms with Gasteiger partial charge in [0.05, 0.1) is 18.4 Å². The number of carboxylic acid groups (broad SMARTS) is 1. The molecular formula is C22H21NO4. The Bertz CT molecular complexity index is 909. The first-order valence-electron chi connectivity index (χ1n) is 8.56. The summed E-state index contributed by atoms with van der Waals surface area (Å²) in [6.45, 7) is 1.02. The maximum absolute atomic E-state index is 11.2. The van der Waals surface area contributed by atoms with Crippen molar-refractivity contribution in [3.8, 4) is 11.5 Å². The minimum Gasteiger partial charge on any atom is -0.495 e. The molecule has 0 heterocycles. The molecule has 0 amide bonds. The maximum Gasteiger partial charge on any atom is 0.335 e. The molecule has 3 aromatic carbocycles. The first kappa shape index (κ1) is 18.3. The first-order chi connectivity index (χ1) is 13.2. The summed E-state index contributed by atoms with van der Waals surface area (Å²) in [5.74, 6) is 0.401. The van der Waals surface area contributed by atoms with Crippen LogP contribution in [0.4, 0.5) is 5.69 Å². The molecule has 0 saturated carbocycles. The fourth-order valence-electron chi connectivity index (χ4n) is 2.66. The molecule has 0 saturated heterocycles. The van der Waals surface area contributed by atoms with E-state index < -0.39 is 5.97 Å². The van der Waals surface area contributed by atoms with Gasteiger partial charge in [-0.25, -0.2) is 4.79 Å². The lowest BCUT2D eigenvalue weighted by Gasteiger charge is -2.13. The molecule has 2 N–H and O–H groups in total. The van der Waals surface area contributed by atoms with Crippen LogP contribution in [0.3, 0.4) is 0 Å². The normalized spacial score (nSPS) is 10.3. The lowest BCUT2D eigenvalue weighted by molar-refractivity contribution is 0.0697. The zero-order valence-electron chi connectivity index (χ0n) is 15.0. The van der Waals surface area contributed by atoms with Gasteiger partial charge in [-0.1, -0.05) is 42.5 Å². The van der Waals surface area contributed by atoms with Crippen molar-refractivity contribution >= 4 is 11.7 Å². The fourth-order valence-corrected chi connectivity index (χ4v) is 2.66. The van der Waals surface area contributed by atoms with Crippen molar-refractivity contribution in [2.75, 3.05) is 12.4 Å². The number of hydrogen-bond donors (Lipinski definition) is 2. The Morgan fingerprint density at radius 2 is 1.74 bits per heavy atom. The molecule has 3 aromatic rings. The number of ether oxygens (including phenoxy) is 2. The Morgan fingerprint density at radius 1 is 0.963 bits per heavy atom. The number of nitrogens with one attached hydrogen (secondary N) is 1. The van der Waals surface area contributed by atoms with E-state index in [1.165, 1.54) is 6.07 Å². The van der Waals surface area contributed by atoms with Gasteiger partial charge < -0.3 is 19.9 Å². The van der Waals surface area contributed by atoms with Gasteiger partial charge in [-0.05, 0) is 41.5 Å². The molecule has 0 spiro atoms. The van der Waals surface area contributed by atoms with Crippen molar-refractivity contribution in [3.63, 3.8) is 0 Å². The number of anilines is 1. The maximum atomic E-state index is 11.2. The quantitative estimate of drug-likeness (QED) is 0.613. The van der Waals surface area contributed by atoms with Gasteiger partial charge >= 0.3 is 5.97 Å². The standard InChI is InChI=1S/C22H21NO4/c1-26-21-11-10-18(22(24)25)13-20(21)23-14-17-8-5-9-19(12-17)27-15-16-6-3-2-4-7-16/h2-13,23H,14-15H2,1H3,(H,24,25). The second-order valence-corrected chi connectivity index (χ2v) is 6.00. The van der Waals surface area contributed by atoms with Crippen molar-refractivity contribution < 1.29 is 19.4 Å². The summed E-state index contributed by atoms with van der Waals surface area (Å²) in [6, 6.07) is 22.5. The van der Waals surface area contributed by atoms with E-state index in [0.29, 0.717) is 24.6 Å². The van der Waals surface area contributed by atoms with E-state index in [2.05, 4.69) is 5.32 Å². The number of hydrogen-bond acceptors (Lipinski definition) is 4. The number of aromatic carboxylic acids is 1. The monoisotopic (exact) mass is 363 g/mol. The van der Waals surface area contributed by atoms with Crippen LogP contribution in [-0.2, 0) is 13.2 Å². The van der Waals surface area contributed by atoms with E-state index in [-0.39, 0.29) is 5.56 Å². The number of carboxylic acids is 1. The summed E-state index contributed by atoms with van der Waals surface area (Å²) >= 11 is 0. The molecule has 0 bridgehead atoms. The zero-order valence-corrected chi connectivity index (χ0v) is 15.0. The zero-order chi connectivity index (χ0) is 19.1. The molecule has 3 rings (SSSR count). The van der Waals surface area contributed by atoms with Gasteiger partial charge in [0.15, 0.2) is 0 Å². The van der Waals surface area contributed by atoms with Crippen molar-refractivity contribution in [2.45, 2.75) is 13.2 Å². The molecule has 0 aromatic heterocycles. The highest BCUT2D eigenvalue weighted by molar-refractivity contribution is 5.89. The van der Waals surface area contributed by atoms with Crippen LogP contribution < -0.4 is 14.8 Å². The molecule has 0 aliphatic carbocycles. The Kier molecular flexibility index (Phi) is 5.94. The minimum absolute atomic E-state index is 0.207. The van der Waals surface area contributed by atoms with Crippen LogP contribution in [0.2, 0.25) is 0 Å². The average molecular weight is 363 g/mol. The Labute approximate surface area is 158 Å². The molecular weight excluding hydrogens is 342 g/mol. The third-order valence-electron chi connectivity index (χ3n) is 4.08. The van der Waals surface area contributed by atoms with Gasteiger partial charge in [0, 0.05) is 6.54 Å². The lowest BCUT2D eigenvalue weighted by Crippen LogP contribution is -2.04. The first-order valence-corrected chi connectivity index (χ1v) is 8.56. The molecule has 0 fully saturated rings. The lowest BCUT2D eigenvalue weighted by atomic mass is 10.1. The van der Waals surface area contributed by atoms with Gasteiger partial charge in [-0.15, -0.1) is 0 Å². The molecule has 27 heavy (non-hydrogen) atoms. The van der Waals surface area contributed by atoms with Crippen LogP contribution >= 0.6 is 0 Å². The minimum atomic E-state index is -0.975. The third-order valence-corrected chi connectivity index (χ3v) is 4.08. The van der Waals surface area contributed by atoms with Crippen LogP contribution in [0, 0.1) is 0 Å². The molecule has 138 valence electrons. The summed E-state index contributed by atoms with van der Waals surface area (Å²) in [5, 5.41) is 12.4. The Balaban J connectivity index is 1.66. The predicted molar refractivity (Wildman–Crippen MR) is 104 cm³/mol. The SMILES string of the molecule is COc1ccc(C(=O)O)cc1NCc1cccc(OCc2ccccc2)c1. The number of rotatable bonds is 8. The van der Waals surface area contributed by atoms with E-state index in [9.17, 15) is 4.79 Å². The summed E-state index contributed by atoms with van der Waals surface area (Å²) < 4.78 is 11.1. The third kappa shape index (κ3) is 5.01. The van der Waals surface area contributed by atoms with Crippen molar-refractivity contribution in [2.24, 2.45) is 0 Å². The highest BCUT2D eigenvalue weighted by Crippen LogP contribution is 2.26. The van der Waals surface area contributed by atoms with Crippen LogP contribution in [0.15, 0.2) is 72.8 Å². The van der Waals surface area contributed by atoms with Crippen molar-refractivity contribution in [1.29, 1.82) is 0 Å². The van der Waals surface area contributed by atoms with Crippen LogP contribution in [0.5, 0.6) is 11.5 Å². The van der Waals surface area contributed by atoms with E-state index in [0.717, 1.165) is 16.9 Å². The molecule has 0 atom stereocenters. The van der Waals surface area contributed by atoms with Crippen molar-refractivity contribution in [1.82, 2.24) is 0 Å². The van der Waals surface area contributed by atoms with Crippen LogP contribution in [0.25, 0.3) is 0 Å². The second-order valence-electron chi connectivity index (χ2n) is 6.00. The summed E-state index contributed by atoms with van der Waals surface area (Å²) in [7, 11) is 1.55. The van der Waals surface area contributed by atoms with E-state index >= 15 is 0 Å². The highest BCUT2D eigenvalue weighted by Gasteiger charge is 2.09. The van der Waals surface area contributed by atoms with Gasteiger partial charge in [0.2, 0.25) is 0 Å². The summed E-state index contributed by atoms with van der Waals surface area (Å²) in [4.78, 5) is 11.2. The van der Waals surface area contributed by atoms with Crippen LogP contribution in [0.1, 0.15) is 21.5 Å². The topological polar surface area (TPSA) is 67.8 Å². The summed E-state index contributed by atoms with van der Waals surface area (Å²) in [5.41, 5.74) is 2.96. The molecule has 0 unspecified atom stereocenters. The van der Waals surface area contributed by atoms with Gasteiger partial charge in [0.25, 0.3) is 0 Å². The van der Waals surface area contributed by atoms with Crippen LogP contribution in [-0.4, -0.2) is 18.2 Å². The van der Waals surface area contributed by atoms with E-state index in [1.807, 2.05) is 54.6 Å². The van der Waals surface area contributed by atoms with Gasteiger partial charge in [0.1, 0.15) is 18.1 Å². The highest BCUT2D eigenvalue weighted by atomic mass is 16.5. The molecule has 0 radical (unpaired) electrons. The van der Waals surface area contributed by atoms with Gasteiger partial charge in [-0.2, -0.15) is 0 Å². The van der Waals surface area contributed by atoms with Crippen molar-refractivity contribution in [3.05, 3.63) is 89.5 Å². The smallest absolute Gasteiger partial charge is 0.335 e. The fraction of sp³-hybridized carbons (Fsp3) is 0.136. The number of methoxy groups -OCH3 is 1. The molecule has 0 aliphatic heterocycles. The van der Waals surface area contributed by atoms with E-state index in [1.54, 1.807) is 19.2 Å².